The summed E-state index contributed by atoms with van der Waals surface area (Å²) in [4.78, 5) is 19.5. The number of piperidine rings is 1. The molecule has 3 atom stereocenters. The minimum absolute atomic E-state index is 0.0227. The van der Waals surface area contributed by atoms with E-state index < -0.39 is 12.1 Å². The minimum Gasteiger partial charge on any atom is -0.497 e. The first-order valence-corrected chi connectivity index (χ1v) is 13.7. The number of pyridine rings is 1. The van der Waals surface area contributed by atoms with Gasteiger partial charge >= 0.3 is 5.97 Å². The summed E-state index contributed by atoms with van der Waals surface area (Å²) in [6, 6.07) is 15.3. The summed E-state index contributed by atoms with van der Waals surface area (Å²) >= 11 is 1.77. The number of carboxylic acids is 1. The van der Waals surface area contributed by atoms with Gasteiger partial charge in [-0.3, -0.25) is 9.78 Å². The second-order valence-corrected chi connectivity index (χ2v) is 10.7. The van der Waals surface area contributed by atoms with Gasteiger partial charge in [-0.05, 0) is 85.7 Å². The number of rotatable bonds is 12. The quantitative estimate of drug-likeness (QED) is 0.280. The van der Waals surface area contributed by atoms with E-state index in [0.29, 0.717) is 24.2 Å². The Morgan fingerprint density at radius 1 is 1.16 bits per heavy atom. The Bertz CT molecular complexity index is 1190. The van der Waals surface area contributed by atoms with Crippen LogP contribution in [0.1, 0.15) is 37.4 Å². The van der Waals surface area contributed by atoms with Crippen LogP contribution in [-0.4, -0.2) is 60.6 Å². The van der Waals surface area contributed by atoms with Crippen LogP contribution >= 0.6 is 11.8 Å². The molecule has 8 heteroatoms. The van der Waals surface area contributed by atoms with Crippen LogP contribution < -0.4 is 9.47 Å². The number of fused-ring (bicyclic) bond motifs is 1. The number of aliphatic carboxylic acids is 1. The Morgan fingerprint density at radius 3 is 2.76 bits per heavy atom. The van der Waals surface area contributed by atoms with Crippen molar-refractivity contribution >= 4 is 28.6 Å². The Labute approximate surface area is 222 Å². The summed E-state index contributed by atoms with van der Waals surface area (Å²) in [6.07, 6.45) is 2.55. The SMILES string of the molecule is COc1cccc(SCCN2CC[C@@H](CC[C@H](F)c3ccnc4ccc(OC)cc34)[C@@H](CC(=O)O)C2)c1. The van der Waals surface area contributed by atoms with Gasteiger partial charge in [0.2, 0.25) is 0 Å². The summed E-state index contributed by atoms with van der Waals surface area (Å²) in [5.74, 6) is 1.87. The van der Waals surface area contributed by atoms with Crippen LogP contribution in [0, 0.1) is 11.8 Å². The van der Waals surface area contributed by atoms with E-state index in [1.165, 1.54) is 0 Å². The van der Waals surface area contributed by atoms with Crippen molar-refractivity contribution in [3.05, 3.63) is 60.3 Å². The molecule has 4 rings (SSSR count). The van der Waals surface area contributed by atoms with Crippen molar-refractivity contribution in [2.75, 3.05) is 39.6 Å². The van der Waals surface area contributed by atoms with E-state index in [-0.39, 0.29) is 18.3 Å². The number of benzene rings is 2. The summed E-state index contributed by atoms with van der Waals surface area (Å²) in [5, 5.41) is 10.3. The fourth-order valence-electron chi connectivity index (χ4n) is 5.24. The third-order valence-corrected chi connectivity index (χ3v) is 8.21. The van der Waals surface area contributed by atoms with E-state index in [2.05, 4.69) is 16.0 Å². The zero-order valence-electron chi connectivity index (χ0n) is 21.4. The first kappa shape index (κ1) is 27.2. The van der Waals surface area contributed by atoms with Crippen LogP contribution in [0.15, 0.2) is 59.6 Å². The molecule has 3 aromatic rings. The number of ether oxygens (including phenoxy) is 2. The fourth-order valence-corrected chi connectivity index (χ4v) is 6.20. The Balaban J connectivity index is 1.34. The van der Waals surface area contributed by atoms with E-state index in [4.69, 9.17) is 9.47 Å². The molecule has 0 spiro atoms. The molecule has 1 aromatic heterocycles. The standard InChI is InChI=1S/C29H35FN2O4S/c1-35-22-4-3-5-24(17-22)37-15-14-32-13-11-20(21(19-32)16-29(33)34)6-8-27(30)25-10-12-31-28-9-7-23(36-2)18-26(25)28/h3-5,7,9-10,12,17-18,20-21,27H,6,8,11,13-16,19H2,1-2H3,(H,33,34)/t20-,21+,27+/m1/s1. The van der Waals surface area contributed by atoms with Gasteiger partial charge in [-0.1, -0.05) is 6.07 Å². The van der Waals surface area contributed by atoms with Gasteiger partial charge in [0, 0.05) is 41.7 Å². The summed E-state index contributed by atoms with van der Waals surface area (Å²) in [5.41, 5.74) is 1.36. The van der Waals surface area contributed by atoms with Gasteiger partial charge in [0.05, 0.1) is 19.7 Å². The summed E-state index contributed by atoms with van der Waals surface area (Å²) in [7, 11) is 3.26. The number of carbonyl (C=O) groups is 1. The van der Waals surface area contributed by atoms with E-state index in [1.54, 1.807) is 38.2 Å². The van der Waals surface area contributed by atoms with E-state index in [0.717, 1.165) is 53.4 Å². The average Bonchev–Trinajstić information content (AvgIpc) is 2.91. The maximum Gasteiger partial charge on any atom is 0.303 e. The molecule has 0 saturated carbocycles. The molecule has 37 heavy (non-hydrogen) atoms. The van der Waals surface area contributed by atoms with Crippen LogP contribution in [-0.2, 0) is 4.79 Å². The first-order valence-electron chi connectivity index (χ1n) is 12.7. The Kier molecular flexibility index (Phi) is 9.63. The number of alkyl halides is 1. The number of hydrogen-bond donors (Lipinski definition) is 1. The second-order valence-electron chi connectivity index (χ2n) is 9.56. The van der Waals surface area contributed by atoms with Crippen LogP contribution in [0.3, 0.4) is 0 Å². The predicted molar refractivity (Wildman–Crippen MR) is 145 cm³/mol. The van der Waals surface area contributed by atoms with Crippen molar-refractivity contribution in [1.82, 2.24) is 9.88 Å². The van der Waals surface area contributed by atoms with Crippen molar-refractivity contribution in [2.45, 2.75) is 36.8 Å². The molecule has 6 nitrogen and oxygen atoms in total. The highest BCUT2D eigenvalue weighted by molar-refractivity contribution is 7.99. The number of likely N-dealkylation sites (tertiary alicyclic amines) is 1. The molecule has 1 aliphatic heterocycles. The summed E-state index contributed by atoms with van der Waals surface area (Å²) in [6.45, 7) is 2.54. The lowest BCUT2D eigenvalue weighted by atomic mass is 9.79. The molecule has 0 bridgehead atoms. The van der Waals surface area contributed by atoms with Gasteiger partial charge in [0.15, 0.2) is 0 Å². The normalized spacial score (nSPS) is 19.0. The van der Waals surface area contributed by atoms with Crippen molar-refractivity contribution in [3.63, 3.8) is 0 Å². The van der Waals surface area contributed by atoms with Gasteiger partial charge in [0.1, 0.15) is 17.7 Å². The number of aromatic nitrogens is 1. The minimum atomic E-state index is -1.14. The first-order chi connectivity index (χ1) is 18.0. The molecule has 1 fully saturated rings. The highest BCUT2D eigenvalue weighted by atomic mass is 32.2. The number of hydrogen-bond acceptors (Lipinski definition) is 6. The number of thioether (sulfide) groups is 1. The van der Waals surface area contributed by atoms with Gasteiger partial charge in [0.25, 0.3) is 0 Å². The van der Waals surface area contributed by atoms with Crippen LogP contribution in [0.5, 0.6) is 11.5 Å². The van der Waals surface area contributed by atoms with Gasteiger partial charge in [-0.2, -0.15) is 0 Å². The monoisotopic (exact) mass is 526 g/mol. The Morgan fingerprint density at radius 2 is 1.97 bits per heavy atom. The molecular formula is C29H35FN2O4S. The van der Waals surface area contributed by atoms with Crippen LogP contribution in [0.4, 0.5) is 4.39 Å². The fraction of sp³-hybridized carbons (Fsp3) is 0.448. The molecular weight excluding hydrogens is 491 g/mol. The number of nitrogens with zero attached hydrogens (tertiary/aromatic N) is 2. The van der Waals surface area contributed by atoms with Gasteiger partial charge in [-0.25, -0.2) is 4.39 Å². The third-order valence-electron chi connectivity index (χ3n) is 7.24. The smallest absolute Gasteiger partial charge is 0.303 e. The molecule has 2 heterocycles. The molecule has 0 aliphatic carbocycles. The van der Waals surface area contributed by atoms with E-state index >= 15 is 4.39 Å². The molecule has 1 N–H and O–H groups in total. The predicted octanol–water partition coefficient (Wildman–Crippen LogP) is 6.25. The lowest BCUT2D eigenvalue weighted by molar-refractivity contribution is -0.139. The van der Waals surface area contributed by atoms with E-state index in [9.17, 15) is 9.90 Å². The van der Waals surface area contributed by atoms with Gasteiger partial charge in [-0.15, -0.1) is 11.8 Å². The molecule has 198 valence electrons. The largest absolute Gasteiger partial charge is 0.497 e. The number of carboxylic acid groups (broad SMARTS) is 1. The molecule has 0 amide bonds. The molecule has 1 saturated heterocycles. The average molecular weight is 527 g/mol. The van der Waals surface area contributed by atoms with Crippen molar-refractivity contribution < 1.29 is 23.8 Å². The maximum atomic E-state index is 15.5. The summed E-state index contributed by atoms with van der Waals surface area (Å²) < 4.78 is 26.1. The Hall–Kier alpha value is -2.84. The van der Waals surface area contributed by atoms with Crippen LogP contribution in [0.25, 0.3) is 10.9 Å². The van der Waals surface area contributed by atoms with Gasteiger partial charge < -0.3 is 19.5 Å². The molecule has 2 aromatic carbocycles. The lowest BCUT2D eigenvalue weighted by Crippen LogP contribution is -2.42. The maximum absolute atomic E-state index is 15.5. The molecule has 1 aliphatic rings. The highest BCUT2D eigenvalue weighted by Gasteiger charge is 2.31. The van der Waals surface area contributed by atoms with E-state index in [1.807, 2.05) is 36.4 Å². The van der Waals surface area contributed by atoms with Crippen molar-refractivity contribution in [2.24, 2.45) is 11.8 Å². The van der Waals surface area contributed by atoms with Crippen molar-refractivity contribution in [1.29, 1.82) is 0 Å². The third kappa shape index (κ3) is 7.36. The molecule has 0 unspecified atom stereocenters. The lowest BCUT2D eigenvalue weighted by Gasteiger charge is -2.38. The zero-order valence-corrected chi connectivity index (χ0v) is 22.3. The van der Waals surface area contributed by atoms with Crippen LogP contribution in [0.2, 0.25) is 0 Å². The number of methoxy groups -OCH3 is 2. The second kappa shape index (κ2) is 13.1. The highest BCUT2D eigenvalue weighted by Crippen LogP contribution is 2.36. The molecule has 0 radical (unpaired) electrons. The topological polar surface area (TPSA) is 71.9 Å². The zero-order chi connectivity index (χ0) is 26.2. The number of halogens is 1. The van der Waals surface area contributed by atoms with Crippen molar-refractivity contribution in [3.8, 4) is 11.5 Å².